The molecule has 1 aliphatic heterocycles. The van der Waals surface area contributed by atoms with Crippen molar-refractivity contribution in [1.29, 1.82) is 0 Å². The number of hydrogen-bond acceptors (Lipinski definition) is 6. The molecule has 0 radical (unpaired) electrons. The highest BCUT2D eigenvalue weighted by Crippen LogP contribution is 2.23. The number of halogens is 1. The molecule has 0 aliphatic carbocycles. The first-order valence-corrected chi connectivity index (χ1v) is 10.9. The van der Waals surface area contributed by atoms with Crippen molar-refractivity contribution in [2.75, 3.05) is 39.3 Å². The summed E-state index contributed by atoms with van der Waals surface area (Å²) in [7, 11) is 0. The molecule has 3 heterocycles. The van der Waals surface area contributed by atoms with Crippen molar-refractivity contribution in [3.63, 3.8) is 0 Å². The maximum atomic E-state index is 12.8. The fourth-order valence-electron chi connectivity index (χ4n) is 3.97. The maximum absolute atomic E-state index is 12.8. The second kappa shape index (κ2) is 9.62. The van der Waals surface area contributed by atoms with Crippen LogP contribution in [0.15, 0.2) is 30.6 Å². The van der Waals surface area contributed by atoms with Crippen LogP contribution in [0.3, 0.4) is 0 Å². The molecule has 164 valence electrons. The van der Waals surface area contributed by atoms with Gasteiger partial charge in [-0.3, -0.25) is 9.69 Å². The maximum Gasteiger partial charge on any atom is 0.252 e. The minimum atomic E-state index is 0.185. The number of amides is 1. The number of carbonyl (C=O) groups is 1. The van der Waals surface area contributed by atoms with E-state index in [0.29, 0.717) is 36.0 Å². The number of para-hydroxylation sites is 1. The summed E-state index contributed by atoms with van der Waals surface area (Å²) >= 11 is 6.12. The van der Waals surface area contributed by atoms with Gasteiger partial charge in [0.1, 0.15) is 18.7 Å². The largest absolute Gasteiger partial charge is 0.491 e. The molecule has 31 heavy (non-hydrogen) atoms. The van der Waals surface area contributed by atoms with E-state index in [1.807, 2.05) is 43.0 Å². The molecule has 9 heteroatoms. The van der Waals surface area contributed by atoms with Crippen molar-refractivity contribution in [3.05, 3.63) is 52.6 Å². The Bertz CT molecular complexity index is 1060. The van der Waals surface area contributed by atoms with Gasteiger partial charge in [-0.05, 0) is 38.0 Å². The van der Waals surface area contributed by atoms with Crippen LogP contribution in [0.25, 0.3) is 5.78 Å². The van der Waals surface area contributed by atoms with Crippen molar-refractivity contribution in [2.45, 2.75) is 26.7 Å². The number of aryl methyl sites for hydroxylation is 2. The van der Waals surface area contributed by atoms with Crippen molar-refractivity contribution >= 4 is 23.3 Å². The molecule has 1 fully saturated rings. The SMILES string of the molecule is Cc1nc2ncnn2c(C)c1CCC(=O)N1CCN(CCOc2ccccc2Cl)CC1. The van der Waals surface area contributed by atoms with E-state index < -0.39 is 0 Å². The Morgan fingerprint density at radius 1 is 1.16 bits per heavy atom. The number of carbonyl (C=O) groups excluding carboxylic acids is 1. The van der Waals surface area contributed by atoms with Gasteiger partial charge in [0.15, 0.2) is 0 Å². The molecule has 0 spiro atoms. The molecule has 4 rings (SSSR count). The Labute approximate surface area is 186 Å². The number of fused-ring (bicyclic) bond motifs is 1. The Morgan fingerprint density at radius 2 is 1.94 bits per heavy atom. The molecule has 8 nitrogen and oxygen atoms in total. The van der Waals surface area contributed by atoms with Crippen LogP contribution in [0.1, 0.15) is 23.4 Å². The average molecular weight is 443 g/mol. The van der Waals surface area contributed by atoms with Crippen molar-refractivity contribution in [3.8, 4) is 5.75 Å². The molecular weight excluding hydrogens is 416 g/mol. The van der Waals surface area contributed by atoms with Gasteiger partial charge < -0.3 is 9.64 Å². The molecule has 2 aromatic heterocycles. The minimum Gasteiger partial charge on any atom is -0.491 e. The van der Waals surface area contributed by atoms with Gasteiger partial charge in [-0.25, -0.2) is 9.50 Å². The average Bonchev–Trinajstić information content (AvgIpc) is 3.24. The standard InChI is InChI=1S/C22H27ClN6O2/c1-16-18(17(2)29-22(26-16)24-15-25-29)7-8-21(30)28-11-9-27(10-12-28)13-14-31-20-6-4-3-5-19(20)23/h3-6,15H,7-14H2,1-2H3. The summed E-state index contributed by atoms with van der Waals surface area (Å²) in [4.78, 5) is 25.7. The predicted octanol–water partition coefficient (Wildman–Crippen LogP) is 2.55. The van der Waals surface area contributed by atoms with Crippen LogP contribution >= 0.6 is 11.6 Å². The number of benzene rings is 1. The van der Waals surface area contributed by atoms with E-state index in [1.165, 1.54) is 6.33 Å². The van der Waals surface area contributed by atoms with Gasteiger partial charge in [-0.15, -0.1) is 0 Å². The summed E-state index contributed by atoms with van der Waals surface area (Å²) in [6.07, 6.45) is 2.63. The van der Waals surface area contributed by atoms with Crippen LogP contribution in [0.5, 0.6) is 5.75 Å². The fraction of sp³-hybridized carbons (Fsp3) is 0.455. The third-order valence-electron chi connectivity index (χ3n) is 5.80. The Morgan fingerprint density at radius 3 is 2.71 bits per heavy atom. The zero-order valence-electron chi connectivity index (χ0n) is 17.9. The molecular formula is C22H27ClN6O2. The predicted molar refractivity (Wildman–Crippen MR) is 119 cm³/mol. The van der Waals surface area contributed by atoms with E-state index in [-0.39, 0.29) is 5.91 Å². The molecule has 1 saturated heterocycles. The van der Waals surface area contributed by atoms with Crippen molar-refractivity contribution in [1.82, 2.24) is 29.4 Å². The highest BCUT2D eigenvalue weighted by molar-refractivity contribution is 6.32. The molecule has 1 amide bonds. The fourth-order valence-corrected chi connectivity index (χ4v) is 4.16. The minimum absolute atomic E-state index is 0.185. The zero-order chi connectivity index (χ0) is 21.8. The number of hydrogen-bond donors (Lipinski definition) is 0. The van der Waals surface area contributed by atoms with E-state index in [1.54, 1.807) is 4.52 Å². The topological polar surface area (TPSA) is 75.9 Å². The highest BCUT2D eigenvalue weighted by Gasteiger charge is 2.21. The first kappa shape index (κ1) is 21.5. The lowest BCUT2D eigenvalue weighted by Crippen LogP contribution is -2.49. The van der Waals surface area contributed by atoms with Gasteiger partial charge >= 0.3 is 0 Å². The number of piperazine rings is 1. The molecule has 1 aliphatic rings. The van der Waals surface area contributed by atoms with Crippen molar-refractivity contribution in [2.24, 2.45) is 0 Å². The monoisotopic (exact) mass is 442 g/mol. The van der Waals surface area contributed by atoms with Crippen LogP contribution in [0, 0.1) is 13.8 Å². The smallest absolute Gasteiger partial charge is 0.252 e. The molecule has 0 bridgehead atoms. The number of ether oxygens (including phenoxy) is 1. The number of aromatic nitrogens is 4. The van der Waals surface area contributed by atoms with Crippen LogP contribution < -0.4 is 4.74 Å². The van der Waals surface area contributed by atoms with Crippen molar-refractivity contribution < 1.29 is 9.53 Å². The van der Waals surface area contributed by atoms with E-state index in [4.69, 9.17) is 16.3 Å². The van der Waals surface area contributed by atoms with Crippen LogP contribution in [-0.4, -0.2) is 74.6 Å². The quantitative estimate of drug-likeness (QED) is 0.559. The second-order valence-corrected chi connectivity index (χ2v) is 8.14. The van der Waals surface area contributed by atoms with Gasteiger partial charge in [0, 0.05) is 50.5 Å². The normalized spacial score (nSPS) is 14.9. The summed E-state index contributed by atoms with van der Waals surface area (Å²) in [5.74, 6) is 1.49. The summed E-state index contributed by atoms with van der Waals surface area (Å²) in [5, 5.41) is 4.84. The van der Waals surface area contributed by atoms with Gasteiger partial charge in [0.25, 0.3) is 5.78 Å². The Hall–Kier alpha value is -2.71. The summed E-state index contributed by atoms with van der Waals surface area (Å²) in [5.41, 5.74) is 2.98. The molecule has 1 aromatic carbocycles. The third-order valence-corrected chi connectivity index (χ3v) is 6.12. The lowest BCUT2D eigenvalue weighted by molar-refractivity contribution is -0.132. The molecule has 0 atom stereocenters. The first-order valence-electron chi connectivity index (χ1n) is 10.6. The van der Waals surface area contributed by atoms with E-state index >= 15 is 0 Å². The molecule has 0 saturated carbocycles. The Kier molecular flexibility index (Phi) is 6.67. The van der Waals surface area contributed by atoms with E-state index in [2.05, 4.69) is 20.0 Å². The van der Waals surface area contributed by atoms with E-state index in [9.17, 15) is 4.79 Å². The lowest BCUT2D eigenvalue weighted by atomic mass is 10.1. The van der Waals surface area contributed by atoms with Crippen LogP contribution in [0.4, 0.5) is 0 Å². The first-order chi connectivity index (χ1) is 15.0. The summed E-state index contributed by atoms with van der Waals surface area (Å²) < 4.78 is 7.51. The van der Waals surface area contributed by atoms with Gasteiger partial charge in [-0.2, -0.15) is 10.1 Å². The lowest BCUT2D eigenvalue weighted by Gasteiger charge is -2.34. The summed E-state index contributed by atoms with van der Waals surface area (Å²) in [6.45, 7) is 8.53. The van der Waals surface area contributed by atoms with Gasteiger partial charge in [0.05, 0.1) is 5.02 Å². The number of rotatable bonds is 7. The third kappa shape index (κ3) is 4.97. The van der Waals surface area contributed by atoms with Crippen LogP contribution in [-0.2, 0) is 11.2 Å². The van der Waals surface area contributed by atoms with Crippen LogP contribution in [0.2, 0.25) is 5.02 Å². The Balaban J connectivity index is 1.23. The summed E-state index contributed by atoms with van der Waals surface area (Å²) in [6, 6.07) is 7.50. The molecule has 0 unspecified atom stereocenters. The zero-order valence-corrected chi connectivity index (χ0v) is 18.7. The van der Waals surface area contributed by atoms with Gasteiger partial charge in [-0.1, -0.05) is 23.7 Å². The molecule has 3 aromatic rings. The second-order valence-electron chi connectivity index (χ2n) is 7.73. The number of nitrogens with zero attached hydrogens (tertiary/aromatic N) is 6. The van der Waals surface area contributed by atoms with E-state index in [0.717, 1.165) is 49.7 Å². The molecule has 0 N–H and O–H groups in total. The highest BCUT2D eigenvalue weighted by atomic mass is 35.5. The van der Waals surface area contributed by atoms with Gasteiger partial charge in [0.2, 0.25) is 5.91 Å².